The summed E-state index contributed by atoms with van der Waals surface area (Å²) in [4.78, 5) is 146. The first-order valence-corrected chi connectivity index (χ1v) is 30.0. The third-order valence-corrected chi connectivity index (χ3v) is 14.1. The zero-order valence-corrected chi connectivity index (χ0v) is 50.3. The summed E-state index contributed by atoms with van der Waals surface area (Å²) in [5.41, 5.74) is 45.7. The second-order valence-electron chi connectivity index (χ2n) is 21.2. The number of aliphatic hydroxyl groups is 1. The molecule has 1 aliphatic rings. The predicted octanol–water partition coefficient (Wildman–Crippen LogP) is -7.12. The number of nitrogens with one attached hydrogen (secondary N) is 12. The van der Waals surface area contributed by atoms with E-state index in [1.807, 2.05) is 0 Å². The van der Waals surface area contributed by atoms with Gasteiger partial charge in [0.25, 0.3) is 5.91 Å². The van der Waals surface area contributed by atoms with Crippen molar-refractivity contribution in [1.29, 1.82) is 5.41 Å². The SMILES string of the molecule is CC(NC(=O)[C@@H](NC(=O)C(N)CCCCN)C(O)CN)C(=O)NCC(=O)N[C@H](CCCN)C(=O)N1CCCC[C@H]1C(=O)NC(Cc1cnc[nH]1)C(=O)N[C@@H](CCCCN)C(=O)N/C(=C\CCNC(=N)N)C(=O)N[C@@H](CCCCN)C(=O)NCCCCN. The summed E-state index contributed by atoms with van der Waals surface area (Å²) in [6, 6.07) is -10.00. The second-order valence-corrected chi connectivity index (χ2v) is 21.2. The Balaban J connectivity index is 2.36. The van der Waals surface area contributed by atoms with Crippen LogP contribution in [-0.4, -0.2) is 205 Å². The van der Waals surface area contributed by atoms with Gasteiger partial charge in [-0.05, 0) is 142 Å². The van der Waals surface area contributed by atoms with Gasteiger partial charge in [0.15, 0.2) is 5.96 Å². The number of hydrogen-bond donors (Lipinski definition) is 21. The first kappa shape index (κ1) is 75.7. The summed E-state index contributed by atoms with van der Waals surface area (Å²) in [6.45, 7) is 2.27. The van der Waals surface area contributed by atoms with E-state index in [4.69, 9.17) is 51.3 Å². The molecule has 33 heteroatoms. The van der Waals surface area contributed by atoms with Gasteiger partial charge in [0.2, 0.25) is 53.2 Å². The fourth-order valence-electron chi connectivity index (χ4n) is 9.13. The van der Waals surface area contributed by atoms with E-state index in [1.165, 1.54) is 30.4 Å². The maximum absolute atomic E-state index is 14.6. The molecule has 33 nitrogen and oxygen atoms in total. The van der Waals surface area contributed by atoms with Crippen molar-refractivity contribution in [3.63, 3.8) is 0 Å². The van der Waals surface area contributed by atoms with Crippen LogP contribution < -0.4 is 99.0 Å². The number of rotatable bonds is 44. The largest absolute Gasteiger partial charge is 0.389 e. The Hall–Kier alpha value is -7.40. The lowest BCUT2D eigenvalue weighted by molar-refractivity contribution is -0.146. The molecule has 87 heavy (non-hydrogen) atoms. The highest BCUT2D eigenvalue weighted by molar-refractivity contribution is 6.02. The average molecular weight is 1230 g/mol. The lowest BCUT2D eigenvalue weighted by Gasteiger charge is -2.37. The topological polar surface area (TPSA) is 575 Å². The molecule has 0 aromatic carbocycles. The molecule has 29 N–H and O–H groups in total. The molecule has 1 aliphatic heterocycles. The second kappa shape index (κ2) is 43.3. The number of piperidine rings is 1. The van der Waals surface area contributed by atoms with Crippen LogP contribution in [0.25, 0.3) is 0 Å². The quantitative estimate of drug-likeness (QED) is 0.0125. The number of aromatic amines is 1. The first-order valence-electron chi connectivity index (χ1n) is 30.0. The van der Waals surface area contributed by atoms with Crippen molar-refractivity contribution in [2.75, 3.05) is 65.4 Å². The van der Waals surface area contributed by atoms with Crippen LogP contribution in [0, 0.1) is 5.41 Å². The van der Waals surface area contributed by atoms with E-state index in [0.717, 1.165) is 0 Å². The van der Waals surface area contributed by atoms with E-state index in [9.17, 15) is 53.1 Å². The van der Waals surface area contributed by atoms with Gasteiger partial charge < -0.3 is 114 Å². The number of nitrogens with zero attached hydrogens (tertiary/aromatic N) is 2. The van der Waals surface area contributed by atoms with Crippen molar-refractivity contribution >= 4 is 65.0 Å². The van der Waals surface area contributed by atoms with Gasteiger partial charge >= 0.3 is 0 Å². The number of H-pyrrole nitrogens is 1. The molecule has 1 saturated heterocycles. The summed E-state index contributed by atoms with van der Waals surface area (Å²) < 4.78 is 0. The molecule has 2 rings (SSSR count). The number of carbonyl (C=O) groups excluding carboxylic acids is 10. The number of imidazole rings is 1. The monoisotopic (exact) mass is 1230 g/mol. The average Bonchev–Trinajstić information content (AvgIpc) is 2.85. The molecule has 9 atom stereocenters. The molecule has 2 heterocycles. The Morgan fingerprint density at radius 3 is 1.90 bits per heavy atom. The van der Waals surface area contributed by atoms with Crippen LogP contribution in [-0.2, 0) is 54.4 Å². The molecule has 1 aromatic rings. The Morgan fingerprint density at radius 2 is 1.29 bits per heavy atom. The number of amides is 10. The summed E-state index contributed by atoms with van der Waals surface area (Å²) in [5.74, 6) is -7.94. The Morgan fingerprint density at radius 1 is 0.667 bits per heavy atom. The number of hydrogen-bond acceptors (Lipinski definition) is 20. The number of unbranched alkanes of at least 4 members (excludes halogenated alkanes) is 4. The van der Waals surface area contributed by atoms with Gasteiger partial charge in [0.05, 0.1) is 25.0 Å². The van der Waals surface area contributed by atoms with E-state index in [2.05, 4.69) is 63.1 Å². The first-order chi connectivity index (χ1) is 41.7. The smallest absolute Gasteiger partial charge is 0.268 e. The minimum absolute atomic E-state index is 0.0293. The van der Waals surface area contributed by atoms with Gasteiger partial charge in [0, 0.05) is 44.5 Å². The summed E-state index contributed by atoms with van der Waals surface area (Å²) >= 11 is 0. The highest BCUT2D eigenvalue weighted by Crippen LogP contribution is 2.20. The molecule has 10 amide bonds. The molecule has 0 bridgehead atoms. The van der Waals surface area contributed by atoms with Crippen LogP contribution in [0.5, 0.6) is 0 Å². The van der Waals surface area contributed by atoms with Gasteiger partial charge in [0.1, 0.15) is 48.0 Å². The maximum atomic E-state index is 14.6. The molecule has 0 saturated carbocycles. The van der Waals surface area contributed by atoms with E-state index in [-0.39, 0.29) is 89.2 Å². The standard InChI is InChI=1S/C54H100N22O11/c1-33(69-52(86)44(42(77)29-60)75-46(80)35(61)14-2-6-20-55)45(79)67-31-43(78)70-39(17-12-24-59)53(87)76-27-11-5-19-41(76)51(85)74-40(28-34-30-64-32-68-34)50(84)73-37(16-4-8-22-57)48(82)72-38(18-13-26-66-54(62)63)49(83)71-36(15-3-7-21-56)47(81)65-25-10-9-23-58/h18,30,32-33,35-37,39-42,44,77H,2-17,19-29,31,55-61H2,1H3,(H,64,68)(H,65,81)(H,67,79)(H,69,86)(H,70,78)(H,71,83)(H,72,82)(H,73,84)(H,74,85)(H,75,80)(H4,62,63,66)/b38-18-/t33?,35?,36-,37-,39+,40?,41-,42?,44-/m0/s1. The number of carbonyl (C=O) groups is 10. The van der Waals surface area contributed by atoms with Gasteiger partial charge in [-0.3, -0.25) is 53.4 Å². The van der Waals surface area contributed by atoms with E-state index >= 15 is 0 Å². The van der Waals surface area contributed by atoms with Gasteiger partial charge in [-0.15, -0.1) is 0 Å². The molecular weight excluding hydrogens is 1130 g/mol. The zero-order chi connectivity index (χ0) is 64.7. The highest BCUT2D eigenvalue weighted by Gasteiger charge is 2.39. The van der Waals surface area contributed by atoms with Crippen LogP contribution in [0.15, 0.2) is 24.3 Å². The number of guanidine groups is 1. The van der Waals surface area contributed by atoms with Gasteiger partial charge in [-0.25, -0.2) is 4.98 Å². The number of aliphatic hydroxyl groups excluding tert-OH is 1. The molecular formula is C54H100N22O11. The van der Waals surface area contributed by atoms with Crippen LogP contribution in [0.4, 0.5) is 0 Å². The van der Waals surface area contributed by atoms with Crippen LogP contribution in [0.3, 0.4) is 0 Å². The van der Waals surface area contributed by atoms with E-state index in [0.29, 0.717) is 96.1 Å². The Bertz CT molecular complexity index is 2350. The van der Waals surface area contributed by atoms with E-state index < -0.39 is 127 Å². The maximum Gasteiger partial charge on any atom is 0.268 e. The van der Waals surface area contributed by atoms with Crippen LogP contribution in [0.2, 0.25) is 0 Å². The van der Waals surface area contributed by atoms with Crippen LogP contribution in [0.1, 0.15) is 122 Å². The van der Waals surface area contributed by atoms with E-state index in [1.54, 1.807) is 0 Å². The fourth-order valence-corrected chi connectivity index (χ4v) is 9.13. The lowest BCUT2D eigenvalue weighted by atomic mass is 9.98. The van der Waals surface area contributed by atoms with Crippen LogP contribution >= 0.6 is 0 Å². The molecule has 1 fully saturated rings. The third kappa shape index (κ3) is 29.2. The minimum atomic E-state index is -1.57. The van der Waals surface area contributed by atoms with Gasteiger partial charge in [-0.2, -0.15) is 0 Å². The van der Waals surface area contributed by atoms with Crippen molar-refractivity contribution in [1.82, 2.24) is 68.0 Å². The predicted molar refractivity (Wildman–Crippen MR) is 324 cm³/mol. The van der Waals surface area contributed by atoms with Crippen molar-refractivity contribution in [2.24, 2.45) is 45.9 Å². The summed E-state index contributed by atoms with van der Waals surface area (Å²) in [7, 11) is 0. The summed E-state index contributed by atoms with van der Waals surface area (Å²) in [5, 5.41) is 44.1. The molecule has 0 spiro atoms. The number of aromatic nitrogens is 2. The Kier molecular flexibility index (Phi) is 37.6. The van der Waals surface area contributed by atoms with Crippen molar-refractivity contribution in [2.45, 2.75) is 177 Å². The van der Waals surface area contributed by atoms with Gasteiger partial charge in [-0.1, -0.05) is 12.5 Å². The number of nitrogens with two attached hydrogens (primary N) is 8. The van der Waals surface area contributed by atoms with Crippen molar-refractivity contribution < 1.29 is 53.1 Å². The number of likely N-dealkylation sites (tertiary alicyclic amines) is 1. The lowest BCUT2D eigenvalue weighted by Crippen LogP contribution is -2.61. The summed E-state index contributed by atoms with van der Waals surface area (Å²) in [6.07, 6.45) is 8.85. The highest BCUT2D eigenvalue weighted by atomic mass is 16.3. The molecule has 4 unspecified atom stereocenters. The van der Waals surface area contributed by atoms with Crippen molar-refractivity contribution in [3.8, 4) is 0 Å². The van der Waals surface area contributed by atoms with Crippen molar-refractivity contribution in [3.05, 3.63) is 30.0 Å². The molecule has 492 valence electrons. The fraction of sp³-hybridized carbons (Fsp3) is 0.704. The molecule has 1 aromatic heterocycles. The molecule has 0 aliphatic carbocycles. The Labute approximate surface area is 508 Å². The minimum Gasteiger partial charge on any atom is -0.389 e. The third-order valence-electron chi connectivity index (χ3n) is 14.1. The normalized spacial score (nSPS) is 16.0. The molecule has 0 radical (unpaired) electrons. The zero-order valence-electron chi connectivity index (χ0n) is 50.3.